The van der Waals surface area contributed by atoms with Gasteiger partial charge in [-0.05, 0) is 6.42 Å². The molecule has 0 spiro atoms. The van der Waals surface area contributed by atoms with E-state index in [9.17, 15) is 4.79 Å². The Morgan fingerprint density at radius 1 is 1.37 bits per heavy atom. The number of carbonyl (C=O) groups is 1. The van der Waals surface area contributed by atoms with Crippen LogP contribution in [-0.4, -0.2) is 46.6 Å². The third-order valence-electron chi connectivity index (χ3n) is 4.44. The maximum Gasteiger partial charge on any atom is 0.257 e. The first kappa shape index (κ1) is 18.1. The van der Waals surface area contributed by atoms with Gasteiger partial charge in [-0.1, -0.05) is 35.5 Å². The zero-order valence-corrected chi connectivity index (χ0v) is 16.4. The number of allylic oxidation sites excluding steroid dienone is 1. The van der Waals surface area contributed by atoms with Crippen LogP contribution in [0, 0.1) is 0 Å². The summed E-state index contributed by atoms with van der Waals surface area (Å²) in [5.74, 6) is 1.56. The quantitative estimate of drug-likeness (QED) is 0.777. The Bertz CT molecular complexity index is 907. The summed E-state index contributed by atoms with van der Waals surface area (Å²) in [6, 6.07) is 9.90. The molecular weight excluding hydrogens is 384 g/mol. The van der Waals surface area contributed by atoms with Gasteiger partial charge < -0.3 is 14.7 Å². The molecule has 0 fully saturated rings. The average molecular weight is 403 g/mol. The van der Waals surface area contributed by atoms with E-state index in [0.29, 0.717) is 29.3 Å². The molecule has 1 unspecified atom stereocenters. The van der Waals surface area contributed by atoms with Gasteiger partial charge >= 0.3 is 0 Å². The van der Waals surface area contributed by atoms with Crippen molar-refractivity contribution < 1.29 is 9.32 Å². The Balaban J connectivity index is 1.38. The highest BCUT2D eigenvalue weighted by molar-refractivity contribution is 8.05. The van der Waals surface area contributed by atoms with Crippen LogP contribution in [0.15, 0.2) is 50.8 Å². The number of thioether (sulfide) groups is 1. The zero-order chi connectivity index (χ0) is 18.8. The summed E-state index contributed by atoms with van der Waals surface area (Å²) >= 11 is 7.37. The van der Waals surface area contributed by atoms with Crippen LogP contribution in [0.5, 0.6) is 0 Å². The van der Waals surface area contributed by atoms with E-state index in [1.165, 1.54) is 11.8 Å². The predicted octanol–water partition coefficient (Wildman–Crippen LogP) is 3.24. The molecule has 8 heteroatoms. The molecule has 140 valence electrons. The Kier molecular flexibility index (Phi) is 5.22. The normalized spacial score (nSPS) is 19.2. The van der Waals surface area contributed by atoms with Gasteiger partial charge in [0.25, 0.3) is 5.91 Å². The highest BCUT2D eigenvalue weighted by Gasteiger charge is 2.21. The van der Waals surface area contributed by atoms with E-state index in [0.717, 1.165) is 30.1 Å². The van der Waals surface area contributed by atoms with Crippen molar-refractivity contribution in [1.82, 2.24) is 15.4 Å². The molecule has 1 N–H and O–H groups in total. The number of benzene rings is 1. The molecule has 1 aromatic carbocycles. The van der Waals surface area contributed by atoms with Crippen LogP contribution < -0.4 is 5.32 Å². The second-order valence-electron chi connectivity index (χ2n) is 6.40. The van der Waals surface area contributed by atoms with Crippen molar-refractivity contribution in [1.29, 1.82) is 0 Å². The number of hydrogen-bond acceptors (Lipinski definition) is 6. The van der Waals surface area contributed by atoms with Crippen molar-refractivity contribution in [2.45, 2.75) is 17.7 Å². The SMILES string of the molecule is CN1CCN=C1c1ccc(-c2cc(CNC(=O)C3=CCC(Cl)S3)no2)cc1. The van der Waals surface area contributed by atoms with Crippen LogP contribution in [0.2, 0.25) is 0 Å². The number of carbonyl (C=O) groups excluding carboxylic acids is 1. The van der Waals surface area contributed by atoms with E-state index in [-0.39, 0.29) is 10.6 Å². The van der Waals surface area contributed by atoms with Gasteiger partial charge in [-0.15, -0.1) is 23.4 Å². The highest BCUT2D eigenvalue weighted by Crippen LogP contribution is 2.34. The molecular formula is C19H19ClN4O2S. The molecule has 4 rings (SSSR count). The molecule has 2 aliphatic rings. The van der Waals surface area contributed by atoms with Crippen molar-refractivity contribution in [2.24, 2.45) is 4.99 Å². The van der Waals surface area contributed by atoms with Gasteiger partial charge in [0.05, 0.1) is 22.7 Å². The first-order chi connectivity index (χ1) is 13.1. The number of rotatable bonds is 5. The maximum atomic E-state index is 12.1. The van der Waals surface area contributed by atoms with Crippen LogP contribution in [0.1, 0.15) is 17.7 Å². The van der Waals surface area contributed by atoms with Crippen LogP contribution >= 0.6 is 23.4 Å². The van der Waals surface area contributed by atoms with Crippen LogP contribution in [0.4, 0.5) is 0 Å². The number of likely N-dealkylation sites (N-methyl/N-ethyl adjacent to an activating group) is 1. The molecule has 3 heterocycles. The van der Waals surface area contributed by atoms with Crippen molar-refractivity contribution in [2.75, 3.05) is 20.1 Å². The van der Waals surface area contributed by atoms with Crippen molar-refractivity contribution >= 4 is 35.1 Å². The molecule has 1 amide bonds. The van der Waals surface area contributed by atoms with Crippen LogP contribution in [0.25, 0.3) is 11.3 Å². The standard InChI is InChI=1S/C19H19ClN4O2S/c1-24-9-8-21-18(24)13-4-2-12(3-5-13)15-10-14(23-26-15)11-22-19(25)16-6-7-17(20)27-16/h2-6,10,17H,7-9,11H2,1H3,(H,22,25). The molecule has 0 saturated heterocycles. The summed E-state index contributed by atoms with van der Waals surface area (Å²) < 4.78 is 5.38. The second-order valence-corrected chi connectivity index (χ2v) is 8.43. The minimum absolute atomic E-state index is 0.0534. The van der Waals surface area contributed by atoms with Gasteiger partial charge in [0.1, 0.15) is 11.5 Å². The molecule has 1 aromatic heterocycles. The van der Waals surface area contributed by atoms with Crippen LogP contribution in [0.3, 0.4) is 0 Å². The lowest BCUT2D eigenvalue weighted by Crippen LogP contribution is -2.23. The lowest BCUT2D eigenvalue weighted by Gasteiger charge is -2.13. The smallest absolute Gasteiger partial charge is 0.257 e. The number of amides is 1. The lowest BCUT2D eigenvalue weighted by molar-refractivity contribution is -0.117. The topological polar surface area (TPSA) is 70.7 Å². The number of hydrogen-bond donors (Lipinski definition) is 1. The first-order valence-electron chi connectivity index (χ1n) is 8.71. The number of nitrogens with one attached hydrogen (secondary N) is 1. The van der Waals surface area contributed by atoms with E-state index in [1.54, 1.807) is 0 Å². The molecule has 6 nitrogen and oxygen atoms in total. The largest absolute Gasteiger partial charge is 0.358 e. The minimum atomic E-state index is -0.126. The number of amidine groups is 1. The van der Waals surface area contributed by atoms with Crippen molar-refractivity contribution in [3.63, 3.8) is 0 Å². The zero-order valence-electron chi connectivity index (χ0n) is 14.8. The first-order valence-corrected chi connectivity index (χ1v) is 10.0. The number of aliphatic imine (C=N–C) groups is 1. The summed E-state index contributed by atoms with van der Waals surface area (Å²) in [7, 11) is 2.05. The summed E-state index contributed by atoms with van der Waals surface area (Å²) in [6.07, 6.45) is 2.57. The third-order valence-corrected chi connectivity index (χ3v) is 5.94. The summed E-state index contributed by atoms with van der Waals surface area (Å²) in [6.45, 7) is 2.10. The number of aromatic nitrogens is 1. The average Bonchev–Trinajstić information content (AvgIpc) is 3.41. The van der Waals surface area contributed by atoms with Crippen molar-refractivity contribution in [3.8, 4) is 11.3 Å². The van der Waals surface area contributed by atoms with Gasteiger partial charge in [-0.25, -0.2) is 0 Å². The van der Waals surface area contributed by atoms with E-state index < -0.39 is 0 Å². The number of halogens is 1. The number of alkyl halides is 1. The Morgan fingerprint density at radius 3 is 2.81 bits per heavy atom. The molecule has 0 radical (unpaired) electrons. The van der Waals surface area contributed by atoms with Gasteiger partial charge in [-0.2, -0.15) is 0 Å². The Labute approximate surface area is 166 Å². The van der Waals surface area contributed by atoms with E-state index >= 15 is 0 Å². The van der Waals surface area contributed by atoms with E-state index in [2.05, 4.69) is 20.4 Å². The Hall–Kier alpha value is -2.25. The molecule has 2 aliphatic heterocycles. The summed E-state index contributed by atoms with van der Waals surface area (Å²) in [4.78, 5) is 19.4. The summed E-state index contributed by atoms with van der Waals surface area (Å²) in [5, 5.41) is 6.89. The van der Waals surface area contributed by atoms with Gasteiger partial charge in [0.15, 0.2) is 5.76 Å². The predicted molar refractivity (Wildman–Crippen MR) is 108 cm³/mol. The van der Waals surface area contributed by atoms with Gasteiger partial charge in [0, 0.05) is 30.8 Å². The lowest BCUT2D eigenvalue weighted by atomic mass is 10.1. The summed E-state index contributed by atoms with van der Waals surface area (Å²) in [5.41, 5.74) is 2.70. The van der Waals surface area contributed by atoms with Gasteiger partial charge in [0.2, 0.25) is 0 Å². The maximum absolute atomic E-state index is 12.1. The van der Waals surface area contributed by atoms with Crippen molar-refractivity contribution in [3.05, 3.63) is 52.6 Å². The highest BCUT2D eigenvalue weighted by atomic mass is 35.5. The van der Waals surface area contributed by atoms with Crippen LogP contribution in [-0.2, 0) is 11.3 Å². The van der Waals surface area contributed by atoms with Gasteiger partial charge in [-0.3, -0.25) is 9.79 Å². The molecule has 0 aliphatic carbocycles. The molecule has 27 heavy (non-hydrogen) atoms. The fraction of sp³-hybridized carbons (Fsp3) is 0.316. The van der Waals surface area contributed by atoms with E-state index in [1.807, 2.05) is 43.5 Å². The molecule has 1 atom stereocenters. The van der Waals surface area contributed by atoms with E-state index in [4.69, 9.17) is 16.1 Å². The number of nitrogens with zero attached hydrogens (tertiary/aromatic N) is 3. The molecule has 0 saturated carbocycles. The molecule has 0 bridgehead atoms. The monoisotopic (exact) mass is 402 g/mol. The second kappa shape index (κ2) is 7.78. The fourth-order valence-electron chi connectivity index (χ4n) is 3.00. The fourth-order valence-corrected chi connectivity index (χ4v) is 4.21. The minimum Gasteiger partial charge on any atom is -0.358 e. The third kappa shape index (κ3) is 4.04. The molecule has 2 aromatic rings. The Morgan fingerprint density at radius 2 is 2.15 bits per heavy atom.